The van der Waals surface area contributed by atoms with E-state index in [0.29, 0.717) is 11.6 Å². The predicted octanol–water partition coefficient (Wildman–Crippen LogP) is 2.58. The van der Waals surface area contributed by atoms with Crippen LogP contribution in [0.5, 0.6) is 0 Å². The van der Waals surface area contributed by atoms with Gasteiger partial charge in [0.1, 0.15) is 0 Å². The van der Waals surface area contributed by atoms with E-state index >= 15 is 0 Å². The second kappa shape index (κ2) is 3.42. The number of carboxylic acid groups (broad SMARTS) is 1. The number of rotatable bonds is 3. The third-order valence-electron chi connectivity index (χ3n) is 3.04. The smallest absolute Gasteiger partial charge is 0.356 e. The van der Waals surface area contributed by atoms with Crippen molar-refractivity contribution in [1.29, 1.82) is 0 Å². The Balaban J connectivity index is 2.10. The van der Waals surface area contributed by atoms with Gasteiger partial charge in [0.05, 0.1) is 11.4 Å². The van der Waals surface area contributed by atoms with Gasteiger partial charge < -0.3 is 5.11 Å². The largest absolute Gasteiger partial charge is 0.476 e. The zero-order valence-electron chi connectivity index (χ0n) is 8.61. The minimum absolute atomic E-state index is 0.0388. The van der Waals surface area contributed by atoms with Gasteiger partial charge in [0.15, 0.2) is 10.8 Å². The van der Waals surface area contributed by atoms with Crippen LogP contribution >= 0.6 is 11.6 Å². The monoisotopic (exact) mass is 238 g/mol. The molecule has 0 spiro atoms. The lowest BCUT2D eigenvalue weighted by atomic mass is 10.2. The molecule has 5 heteroatoms. The highest BCUT2D eigenvalue weighted by Gasteiger charge is 2.35. The molecule has 0 bridgehead atoms. The van der Waals surface area contributed by atoms with Crippen molar-refractivity contribution in [2.75, 3.05) is 0 Å². The van der Waals surface area contributed by atoms with Gasteiger partial charge in [0.2, 0.25) is 0 Å². The van der Waals surface area contributed by atoms with E-state index in [1.807, 2.05) is 0 Å². The Morgan fingerprint density at radius 2 is 1.69 bits per heavy atom. The SMILES string of the molecule is O=C(O)c1nc(Cl)c(C2CC2)nc1C1CC1. The van der Waals surface area contributed by atoms with Gasteiger partial charge in [0, 0.05) is 11.8 Å². The van der Waals surface area contributed by atoms with E-state index in [1.165, 1.54) is 0 Å². The molecule has 0 radical (unpaired) electrons. The molecular formula is C11H11ClN2O2. The lowest BCUT2D eigenvalue weighted by Gasteiger charge is -2.07. The summed E-state index contributed by atoms with van der Waals surface area (Å²) in [6.07, 6.45) is 4.21. The number of carbonyl (C=O) groups is 1. The van der Waals surface area contributed by atoms with Crippen molar-refractivity contribution < 1.29 is 9.90 Å². The summed E-state index contributed by atoms with van der Waals surface area (Å²) in [6.45, 7) is 0. The summed E-state index contributed by atoms with van der Waals surface area (Å²) in [5, 5.41) is 9.32. The summed E-state index contributed by atoms with van der Waals surface area (Å²) in [4.78, 5) is 19.5. The Morgan fingerprint density at radius 1 is 1.12 bits per heavy atom. The van der Waals surface area contributed by atoms with Gasteiger partial charge in [0.25, 0.3) is 0 Å². The zero-order chi connectivity index (χ0) is 11.3. The number of nitrogens with zero attached hydrogens (tertiary/aromatic N) is 2. The quantitative estimate of drug-likeness (QED) is 0.879. The van der Waals surface area contributed by atoms with E-state index in [4.69, 9.17) is 16.7 Å². The molecule has 3 rings (SSSR count). The molecule has 0 atom stereocenters. The molecule has 1 aromatic heterocycles. The number of aromatic nitrogens is 2. The van der Waals surface area contributed by atoms with Crippen LogP contribution in [0.15, 0.2) is 0 Å². The van der Waals surface area contributed by atoms with Crippen molar-refractivity contribution in [3.05, 3.63) is 22.2 Å². The van der Waals surface area contributed by atoms with Gasteiger partial charge in [-0.1, -0.05) is 11.6 Å². The van der Waals surface area contributed by atoms with Crippen LogP contribution < -0.4 is 0 Å². The zero-order valence-corrected chi connectivity index (χ0v) is 9.37. The molecule has 0 unspecified atom stereocenters. The fourth-order valence-electron chi connectivity index (χ4n) is 1.86. The lowest BCUT2D eigenvalue weighted by Crippen LogP contribution is -2.10. The third-order valence-corrected chi connectivity index (χ3v) is 3.31. The van der Waals surface area contributed by atoms with Crippen LogP contribution in [0.4, 0.5) is 0 Å². The number of hydrogen-bond acceptors (Lipinski definition) is 3. The standard InChI is InChI=1S/C11H11ClN2O2/c12-10-8(6-3-4-6)13-7(5-1-2-5)9(14-10)11(15)16/h5-6H,1-4H2,(H,15,16). The first-order valence-electron chi connectivity index (χ1n) is 5.47. The number of aromatic carboxylic acids is 1. The van der Waals surface area contributed by atoms with Gasteiger partial charge in [-0.25, -0.2) is 9.78 Å². The van der Waals surface area contributed by atoms with Crippen molar-refractivity contribution in [3.63, 3.8) is 0 Å². The van der Waals surface area contributed by atoms with Crippen LogP contribution in [0.2, 0.25) is 5.15 Å². The molecule has 0 aromatic carbocycles. The maximum atomic E-state index is 11.0. The van der Waals surface area contributed by atoms with Crippen LogP contribution in [-0.2, 0) is 0 Å². The Kier molecular flexibility index (Phi) is 2.14. The van der Waals surface area contributed by atoms with Gasteiger partial charge >= 0.3 is 5.97 Å². The van der Waals surface area contributed by atoms with E-state index in [1.54, 1.807) is 0 Å². The Hall–Kier alpha value is -1.16. The summed E-state index contributed by atoms with van der Waals surface area (Å²) in [7, 11) is 0. The Labute approximate surface area is 97.7 Å². The summed E-state index contributed by atoms with van der Waals surface area (Å²) in [6, 6.07) is 0. The first-order valence-corrected chi connectivity index (χ1v) is 5.85. The van der Waals surface area contributed by atoms with E-state index < -0.39 is 5.97 Å². The molecule has 0 aliphatic heterocycles. The first-order chi connectivity index (χ1) is 7.66. The maximum absolute atomic E-state index is 11.0. The topological polar surface area (TPSA) is 63.1 Å². The highest BCUT2D eigenvalue weighted by molar-refractivity contribution is 6.30. The fraction of sp³-hybridized carbons (Fsp3) is 0.545. The van der Waals surface area contributed by atoms with Crippen molar-refractivity contribution in [2.45, 2.75) is 37.5 Å². The van der Waals surface area contributed by atoms with E-state index in [0.717, 1.165) is 31.4 Å². The summed E-state index contributed by atoms with van der Waals surface area (Å²) in [5.74, 6) is -0.340. The molecule has 2 aliphatic rings. The van der Waals surface area contributed by atoms with Crippen LogP contribution in [0.3, 0.4) is 0 Å². The minimum Gasteiger partial charge on any atom is -0.476 e. The number of hydrogen-bond donors (Lipinski definition) is 1. The lowest BCUT2D eigenvalue weighted by molar-refractivity contribution is 0.0688. The molecule has 0 saturated heterocycles. The van der Waals surface area contributed by atoms with Crippen LogP contribution in [0.25, 0.3) is 0 Å². The molecule has 4 nitrogen and oxygen atoms in total. The first kappa shape index (κ1) is 10.0. The second-order valence-corrected chi connectivity index (χ2v) is 4.85. The number of carboxylic acids is 1. The van der Waals surface area contributed by atoms with Crippen molar-refractivity contribution in [2.24, 2.45) is 0 Å². The van der Waals surface area contributed by atoms with Gasteiger partial charge in [-0.3, -0.25) is 4.98 Å². The molecule has 1 heterocycles. The fourth-order valence-corrected chi connectivity index (χ4v) is 2.14. The predicted molar refractivity (Wildman–Crippen MR) is 58.0 cm³/mol. The summed E-state index contributed by atoms with van der Waals surface area (Å²) < 4.78 is 0. The highest BCUT2D eigenvalue weighted by atomic mass is 35.5. The second-order valence-electron chi connectivity index (χ2n) is 4.49. The van der Waals surface area contributed by atoms with Crippen molar-refractivity contribution in [3.8, 4) is 0 Å². The van der Waals surface area contributed by atoms with Crippen molar-refractivity contribution in [1.82, 2.24) is 9.97 Å². The minimum atomic E-state index is -1.03. The molecule has 1 N–H and O–H groups in total. The molecule has 84 valence electrons. The van der Waals surface area contributed by atoms with Gasteiger partial charge in [-0.15, -0.1) is 0 Å². The molecule has 2 fully saturated rings. The molecule has 16 heavy (non-hydrogen) atoms. The van der Waals surface area contributed by atoms with Crippen molar-refractivity contribution >= 4 is 17.6 Å². The van der Waals surface area contributed by atoms with E-state index in [9.17, 15) is 4.79 Å². The van der Waals surface area contributed by atoms with Crippen LogP contribution in [0, 0.1) is 0 Å². The van der Waals surface area contributed by atoms with E-state index in [-0.39, 0.29) is 16.8 Å². The molecule has 1 aromatic rings. The molecule has 2 saturated carbocycles. The molecular weight excluding hydrogens is 228 g/mol. The highest BCUT2D eigenvalue weighted by Crippen LogP contribution is 2.45. The molecule has 0 amide bonds. The maximum Gasteiger partial charge on any atom is 0.356 e. The summed E-state index contributed by atoms with van der Waals surface area (Å²) >= 11 is 5.97. The Morgan fingerprint density at radius 3 is 2.19 bits per heavy atom. The van der Waals surface area contributed by atoms with Crippen LogP contribution in [0.1, 0.15) is 59.4 Å². The average molecular weight is 239 g/mol. The Bertz CT molecular complexity index is 467. The normalized spacial score (nSPS) is 19.8. The van der Waals surface area contributed by atoms with Gasteiger partial charge in [-0.2, -0.15) is 0 Å². The number of halogens is 1. The third kappa shape index (κ3) is 1.67. The molecule has 2 aliphatic carbocycles. The van der Waals surface area contributed by atoms with Gasteiger partial charge in [-0.05, 0) is 25.7 Å². The average Bonchev–Trinajstić information content (AvgIpc) is 3.10. The summed E-state index contributed by atoms with van der Waals surface area (Å²) in [5.41, 5.74) is 1.48. The van der Waals surface area contributed by atoms with E-state index in [2.05, 4.69) is 9.97 Å². The van der Waals surface area contributed by atoms with Crippen LogP contribution in [-0.4, -0.2) is 21.0 Å².